The van der Waals surface area contributed by atoms with E-state index in [2.05, 4.69) is 0 Å². The van der Waals surface area contributed by atoms with Gasteiger partial charge in [0.1, 0.15) is 0 Å². The Hall–Kier alpha value is -1.20. The van der Waals surface area contributed by atoms with Crippen molar-refractivity contribution in [2.45, 2.75) is 6.10 Å². The van der Waals surface area contributed by atoms with Crippen LogP contribution >= 0.6 is 11.6 Å². The summed E-state index contributed by atoms with van der Waals surface area (Å²) >= 11 is 5.23. The van der Waals surface area contributed by atoms with Crippen molar-refractivity contribution < 1.29 is 23.8 Å². The maximum absolute atomic E-state index is 13.0. The fraction of sp³-hybridized carbons (Fsp3) is 0.125. The number of carboxylic acids is 1. The van der Waals surface area contributed by atoms with E-state index in [1.807, 2.05) is 0 Å². The molecule has 0 heterocycles. The molecule has 1 aromatic rings. The minimum Gasteiger partial charge on any atom is -0.479 e. The van der Waals surface area contributed by atoms with Gasteiger partial charge in [-0.1, -0.05) is 17.7 Å². The maximum atomic E-state index is 13.0. The fourth-order valence-corrected chi connectivity index (χ4v) is 1.03. The van der Waals surface area contributed by atoms with Crippen LogP contribution in [-0.2, 0) is 4.79 Å². The zero-order valence-electron chi connectivity index (χ0n) is 6.67. The van der Waals surface area contributed by atoms with E-state index in [-0.39, 0.29) is 0 Å². The van der Waals surface area contributed by atoms with Crippen molar-refractivity contribution in [1.29, 1.82) is 0 Å². The maximum Gasteiger partial charge on any atom is 0.337 e. The topological polar surface area (TPSA) is 57.5 Å². The van der Waals surface area contributed by atoms with Crippen molar-refractivity contribution >= 4 is 17.6 Å². The van der Waals surface area contributed by atoms with Crippen LogP contribution in [-0.4, -0.2) is 16.2 Å². The van der Waals surface area contributed by atoms with Crippen molar-refractivity contribution in [2.24, 2.45) is 0 Å². The highest BCUT2D eigenvalue weighted by Gasteiger charge is 2.23. The number of halogens is 3. The predicted molar refractivity (Wildman–Crippen MR) is 44.0 cm³/mol. The molecule has 1 aromatic carbocycles. The summed E-state index contributed by atoms with van der Waals surface area (Å²) in [7, 11) is 0. The van der Waals surface area contributed by atoms with Crippen LogP contribution in [0.15, 0.2) is 12.1 Å². The first-order chi connectivity index (χ1) is 6.45. The van der Waals surface area contributed by atoms with Gasteiger partial charge in [-0.05, 0) is 6.07 Å². The molecule has 0 aromatic heterocycles. The van der Waals surface area contributed by atoms with E-state index in [0.29, 0.717) is 0 Å². The molecule has 0 bridgehead atoms. The summed E-state index contributed by atoms with van der Waals surface area (Å²) in [6.45, 7) is 0. The summed E-state index contributed by atoms with van der Waals surface area (Å²) in [6.07, 6.45) is -2.10. The summed E-state index contributed by atoms with van der Waals surface area (Å²) in [5, 5.41) is 16.8. The lowest BCUT2D eigenvalue weighted by Gasteiger charge is -2.07. The number of hydrogen-bond acceptors (Lipinski definition) is 2. The van der Waals surface area contributed by atoms with Crippen molar-refractivity contribution in [1.82, 2.24) is 0 Å². The lowest BCUT2D eigenvalue weighted by atomic mass is 10.1. The third-order valence-corrected chi connectivity index (χ3v) is 1.89. The largest absolute Gasteiger partial charge is 0.479 e. The van der Waals surface area contributed by atoms with Crippen LogP contribution in [0.4, 0.5) is 8.78 Å². The second kappa shape index (κ2) is 3.89. The Kier molecular flexibility index (Phi) is 3.03. The number of aliphatic carboxylic acids is 1. The molecular formula is C8H5ClF2O3. The lowest BCUT2D eigenvalue weighted by Crippen LogP contribution is -2.13. The summed E-state index contributed by atoms with van der Waals surface area (Å²) < 4.78 is 25.8. The Morgan fingerprint density at radius 3 is 2.43 bits per heavy atom. The van der Waals surface area contributed by atoms with Crippen LogP contribution in [0, 0.1) is 11.6 Å². The molecule has 0 amide bonds. The number of aliphatic hydroxyl groups excluding tert-OH is 1. The molecule has 0 radical (unpaired) electrons. The van der Waals surface area contributed by atoms with Crippen LogP contribution in [0.3, 0.4) is 0 Å². The highest BCUT2D eigenvalue weighted by atomic mass is 35.5. The summed E-state index contributed by atoms with van der Waals surface area (Å²) in [4.78, 5) is 10.3. The smallest absolute Gasteiger partial charge is 0.337 e. The number of aliphatic hydroxyl groups is 1. The Morgan fingerprint density at radius 1 is 1.36 bits per heavy atom. The summed E-state index contributed by atoms with van der Waals surface area (Å²) in [5.41, 5.74) is -0.653. The van der Waals surface area contributed by atoms with E-state index in [1.165, 1.54) is 0 Å². The number of carbonyl (C=O) groups is 1. The zero-order valence-corrected chi connectivity index (χ0v) is 7.42. The van der Waals surface area contributed by atoms with Gasteiger partial charge in [-0.3, -0.25) is 0 Å². The number of carboxylic acid groups (broad SMARTS) is 1. The van der Waals surface area contributed by atoms with Gasteiger partial charge in [0.15, 0.2) is 17.7 Å². The molecule has 3 nitrogen and oxygen atoms in total. The molecule has 1 atom stereocenters. The average Bonchev–Trinajstić information content (AvgIpc) is 2.13. The predicted octanol–water partition coefficient (Wildman–Crippen LogP) is 1.74. The molecule has 0 aliphatic carbocycles. The van der Waals surface area contributed by atoms with E-state index in [4.69, 9.17) is 21.8 Å². The summed E-state index contributed by atoms with van der Waals surface area (Å²) in [6, 6.07) is 1.89. The molecule has 2 N–H and O–H groups in total. The quantitative estimate of drug-likeness (QED) is 0.750. The van der Waals surface area contributed by atoms with Crippen molar-refractivity contribution in [2.75, 3.05) is 0 Å². The number of benzene rings is 1. The lowest BCUT2D eigenvalue weighted by molar-refractivity contribution is -0.147. The Bertz CT molecular complexity index is 381. The van der Waals surface area contributed by atoms with E-state index >= 15 is 0 Å². The number of rotatable bonds is 2. The highest BCUT2D eigenvalue weighted by Crippen LogP contribution is 2.24. The second-order valence-electron chi connectivity index (χ2n) is 2.51. The molecule has 1 unspecified atom stereocenters. The van der Waals surface area contributed by atoms with Crippen molar-refractivity contribution in [3.8, 4) is 0 Å². The fourth-order valence-electron chi connectivity index (χ4n) is 0.885. The first-order valence-corrected chi connectivity index (χ1v) is 3.87. The van der Waals surface area contributed by atoms with Gasteiger partial charge in [0.2, 0.25) is 0 Å². The van der Waals surface area contributed by atoms with Gasteiger partial charge < -0.3 is 10.2 Å². The van der Waals surface area contributed by atoms with Crippen molar-refractivity contribution in [3.05, 3.63) is 34.4 Å². The minimum atomic E-state index is -2.10. The third kappa shape index (κ3) is 1.83. The van der Waals surface area contributed by atoms with E-state index in [1.54, 1.807) is 0 Å². The van der Waals surface area contributed by atoms with Crippen LogP contribution in [0.25, 0.3) is 0 Å². The molecule has 0 spiro atoms. The molecule has 0 aliphatic rings. The molecule has 1 rings (SSSR count). The Labute approximate surface area is 82.5 Å². The standard InChI is InChI=1S/C8H5ClF2O3/c9-4-2-1-3(5(10)6(4)11)7(12)8(13)14/h1-2,7,12H,(H,13,14). The van der Waals surface area contributed by atoms with Crippen LogP contribution < -0.4 is 0 Å². The molecule has 6 heteroatoms. The molecule has 0 aliphatic heterocycles. The van der Waals surface area contributed by atoms with Gasteiger partial charge in [-0.25, -0.2) is 13.6 Å². The van der Waals surface area contributed by atoms with Crippen molar-refractivity contribution in [3.63, 3.8) is 0 Å². The van der Waals surface area contributed by atoms with Crippen LogP contribution in [0.2, 0.25) is 5.02 Å². The monoisotopic (exact) mass is 222 g/mol. The molecule has 0 saturated heterocycles. The van der Waals surface area contributed by atoms with E-state index in [0.717, 1.165) is 12.1 Å². The SMILES string of the molecule is O=C(O)C(O)c1ccc(Cl)c(F)c1F. The summed E-state index contributed by atoms with van der Waals surface area (Å²) in [5.74, 6) is -4.48. The molecule has 76 valence electrons. The van der Waals surface area contributed by atoms with Gasteiger partial charge in [0.05, 0.1) is 5.02 Å². The molecule has 0 fully saturated rings. The first-order valence-electron chi connectivity index (χ1n) is 3.49. The first kappa shape index (κ1) is 10.9. The normalized spacial score (nSPS) is 12.6. The Balaban J connectivity index is 3.24. The third-order valence-electron chi connectivity index (χ3n) is 1.59. The molecule has 0 saturated carbocycles. The second-order valence-corrected chi connectivity index (χ2v) is 2.91. The average molecular weight is 223 g/mol. The van der Waals surface area contributed by atoms with Gasteiger partial charge >= 0.3 is 5.97 Å². The van der Waals surface area contributed by atoms with Gasteiger partial charge in [0, 0.05) is 5.56 Å². The Morgan fingerprint density at radius 2 is 1.93 bits per heavy atom. The number of hydrogen-bond donors (Lipinski definition) is 2. The van der Waals surface area contributed by atoms with Crippen LogP contribution in [0.5, 0.6) is 0 Å². The highest BCUT2D eigenvalue weighted by molar-refractivity contribution is 6.30. The molecular weight excluding hydrogens is 218 g/mol. The van der Waals surface area contributed by atoms with Gasteiger partial charge in [0.25, 0.3) is 0 Å². The van der Waals surface area contributed by atoms with Gasteiger partial charge in [-0.2, -0.15) is 0 Å². The van der Waals surface area contributed by atoms with E-state index < -0.39 is 34.3 Å². The zero-order chi connectivity index (χ0) is 10.9. The minimum absolute atomic E-state index is 0.469. The van der Waals surface area contributed by atoms with E-state index in [9.17, 15) is 13.6 Å². The van der Waals surface area contributed by atoms with Crippen LogP contribution in [0.1, 0.15) is 11.7 Å². The molecule has 14 heavy (non-hydrogen) atoms. The van der Waals surface area contributed by atoms with Gasteiger partial charge in [-0.15, -0.1) is 0 Å².